The molecule has 0 fully saturated rings. The number of hydrogen-bond acceptors (Lipinski definition) is 1. The Morgan fingerprint density at radius 1 is 0.857 bits per heavy atom. The predicted octanol–water partition coefficient (Wildman–Crippen LogP) is 5.96. The van der Waals surface area contributed by atoms with Crippen LogP contribution in [0.1, 0.15) is 48.7 Å². The molecule has 3 heteroatoms. The molecule has 3 aromatic carbocycles. The van der Waals surface area contributed by atoms with Crippen molar-refractivity contribution in [3.63, 3.8) is 0 Å². The lowest BCUT2D eigenvalue weighted by Crippen LogP contribution is -2.55. The predicted molar refractivity (Wildman–Crippen MR) is 111 cm³/mol. The van der Waals surface area contributed by atoms with Crippen LogP contribution in [0.4, 0.5) is 10.1 Å². The zero-order valence-corrected chi connectivity index (χ0v) is 16.4. The van der Waals surface area contributed by atoms with E-state index in [2.05, 4.69) is 26.8 Å². The van der Waals surface area contributed by atoms with Gasteiger partial charge in [0.05, 0.1) is 0 Å². The van der Waals surface area contributed by atoms with Crippen LogP contribution in [0.5, 0.6) is 0 Å². The summed E-state index contributed by atoms with van der Waals surface area (Å²) >= 11 is 0. The van der Waals surface area contributed by atoms with Crippen molar-refractivity contribution in [2.45, 2.75) is 38.1 Å². The fraction of sp³-hybridized carbons (Fsp3) is 0.240. The van der Waals surface area contributed by atoms with Gasteiger partial charge in [-0.25, -0.2) is 4.39 Å². The molecule has 0 N–H and O–H groups in total. The molecule has 0 saturated heterocycles. The Labute approximate surface area is 165 Å². The number of halogens is 1. The Morgan fingerprint density at radius 3 is 2.14 bits per heavy atom. The molecule has 4 rings (SSSR count). The van der Waals surface area contributed by atoms with Gasteiger partial charge in [0.15, 0.2) is 0 Å². The summed E-state index contributed by atoms with van der Waals surface area (Å²) in [5.74, 6) is -0.240. The normalized spacial score (nSPS) is 20.5. The molecule has 2 nitrogen and oxygen atoms in total. The first-order valence-electron chi connectivity index (χ1n) is 9.58. The van der Waals surface area contributed by atoms with E-state index in [0.29, 0.717) is 5.56 Å². The molecule has 1 unspecified atom stereocenters. The van der Waals surface area contributed by atoms with Gasteiger partial charge >= 0.3 is 0 Å². The van der Waals surface area contributed by atoms with E-state index in [1.807, 2.05) is 65.6 Å². The first kappa shape index (κ1) is 18.4. The third-order valence-electron chi connectivity index (χ3n) is 5.84. The van der Waals surface area contributed by atoms with Gasteiger partial charge in [-0.2, -0.15) is 0 Å². The van der Waals surface area contributed by atoms with Crippen LogP contribution >= 0.6 is 0 Å². The van der Waals surface area contributed by atoms with Gasteiger partial charge in [0.25, 0.3) is 5.91 Å². The lowest BCUT2D eigenvalue weighted by atomic mass is 9.65. The lowest BCUT2D eigenvalue weighted by Gasteiger charge is -2.51. The summed E-state index contributed by atoms with van der Waals surface area (Å²) in [4.78, 5) is 15.4. The minimum atomic E-state index is -0.412. The molecule has 0 aromatic heterocycles. The molecule has 0 aliphatic carbocycles. The summed E-state index contributed by atoms with van der Waals surface area (Å²) in [5.41, 5.74) is 3.01. The molecule has 1 heterocycles. The van der Waals surface area contributed by atoms with E-state index < -0.39 is 5.54 Å². The highest BCUT2D eigenvalue weighted by molar-refractivity contribution is 6.08. The average molecular weight is 373 g/mol. The summed E-state index contributed by atoms with van der Waals surface area (Å²) in [6, 6.07) is 24.2. The summed E-state index contributed by atoms with van der Waals surface area (Å²) < 4.78 is 13.5. The Morgan fingerprint density at radius 2 is 1.46 bits per heavy atom. The molecule has 0 bridgehead atoms. The van der Waals surface area contributed by atoms with Crippen molar-refractivity contribution in [3.05, 3.63) is 101 Å². The number of carbonyl (C=O) groups excluding carboxylic acids is 1. The van der Waals surface area contributed by atoms with Crippen molar-refractivity contribution in [1.82, 2.24) is 0 Å². The maximum atomic E-state index is 13.5. The smallest absolute Gasteiger partial charge is 0.258 e. The molecule has 0 spiro atoms. The molecule has 1 amide bonds. The fourth-order valence-electron chi connectivity index (χ4n) is 4.67. The molecular formula is C25H24FNO. The van der Waals surface area contributed by atoms with E-state index in [1.165, 1.54) is 12.1 Å². The van der Waals surface area contributed by atoms with Crippen LogP contribution in [0.15, 0.2) is 78.9 Å². The number of carbonyl (C=O) groups is 1. The summed E-state index contributed by atoms with van der Waals surface area (Å²) in [5, 5.41) is 0. The minimum Gasteiger partial charge on any atom is -0.302 e. The van der Waals surface area contributed by atoms with Crippen LogP contribution in [-0.4, -0.2) is 11.4 Å². The van der Waals surface area contributed by atoms with Gasteiger partial charge in [0.2, 0.25) is 0 Å². The van der Waals surface area contributed by atoms with Crippen molar-refractivity contribution in [2.24, 2.45) is 0 Å². The van der Waals surface area contributed by atoms with E-state index in [4.69, 9.17) is 0 Å². The van der Waals surface area contributed by atoms with Crippen LogP contribution in [0.3, 0.4) is 0 Å². The number of rotatable bonds is 2. The topological polar surface area (TPSA) is 20.3 Å². The molecule has 142 valence electrons. The standard InChI is InChI=1S/C25H24FNO/c1-24(2)17-25(3,19-13-15-20(26)16-14-19)21-11-7-8-12-22(21)27(24)23(28)18-9-5-4-6-10-18/h4-16H,17H2,1-3H3. The van der Waals surface area contributed by atoms with Crippen molar-refractivity contribution < 1.29 is 9.18 Å². The highest BCUT2D eigenvalue weighted by atomic mass is 19.1. The number of amides is 1. The third-order valence-corrected chi connectivity index (χ3v) is 5.84. The quantitative estimate of drug-likeness (QED) is 0.543. The summed E-state index contributed by atoms with van der Waals surface area (Å²) in [6.45, 7) is 6.39. The van der Waals surface area contributed by atoms with Gasteiger partial charge in [0.1, 0.15) is 5.82 Å². The Bertz CT molecular complexity index is 1010. The maximum Gasteiger partial charge on any atom is 0.258 e. The lowest BCUT2D eigenvalue weighted by molar-refractivity contribution is 0.0948. The number of hydrogen-bond donors (Lipinski definition) is 0. The molecule has 1 atom stereocenters. The second-order valence-corrected chi connectivity index (χ2v) is 8.35. The first-order chi connectivity index (χ1) is 13.3. The van der Waals surface area contributed by atoms with Gasteiger partial charge in [-0.15, -0.1) is 0 Å². The summed E-state index contributed by atoms with van der Waals surface area (Å²) in [6.07, 6.45) is 0.737. The van der Waals surface area contributed by atoms with Crippen LogP contribution in [0, 0.1) is 5.82 Å². The van der Waals surface area contributed by atoms with Crippen molar-refractivity contribution in [3.8, 4) is 0 Å². The zero-order chi connectivity index (χ0) is 19.9. The molecule has 0 saturated carbocycles. The average Bonchev–Trinajstić information content (AvgIpc) is 2.68. The van der Waals surface area contributed by atoms with Crippen LogP contribution in [0.2, 0.25) is 0 Å². The number of para-hydroxylation sites is 1. The largest absolute Gasteiger partial charge is 0.302 e. The third kappa shape index (κ3) is 2.91. The van der Waals surface area contributed by atoms with Crippen molar-refractivity contribution >= 4 is 11.6 Å². The van der Waals surface area contributed by atoms with E-state index in [1.54, 1.807) is 0 Å². The fourth-order valence-corrected chi connectivity index (χ4v) is 4.67. The number of nitrogens with zero attached hydrogens (tertiary/aromatic N) is 1. The van der Waals surface area contributed by atoms with Crippen molar-refractivity contribution in [2.75, 3.05) is 4.90 Å². The number of fused-ring (bicyclic) bond motifs is 1. The van der Waals surface area contributed by atoms with E-state index in [9.17, 15) is 9.18 Å². The highest BCUT2D eigenvalue weighted by Gasteiger charge is 2.47. The first-order valence-corrected chi connectivity index (χ1v) is 9.58. The van der Waals surface area contributed by atoms with E-state index in [0.717, 1.165) is 23.2 Å². The molecule has 28 heavy (non-hydrogen) atoms. The Kier molecular flexibility index (Phi) is 4.34. The minimum absolute atomic E-state index is 0.000735. The molecule has 0 radical (unpaired) electrons. The van der Waals surface area contributed by atoms with Gasteiger partial charge in [0, 0.05) is 22.2 Å². The molecule has 1 aliphatic rings. The highest BCUT2D eigenvalue weighted by Crippen LogP contribution is 2.50. The monoisotopic (exact) mass is 373 g/mol. The van der Waals surface area contributed by atoms with Crippen molar-refractivity contribution in [1.29, 1.82) is 0 Å². The van der Waals surface area contributed by atoms with Gasteiger partial charge in [-0.3, -0.25) is 4.79 Å². The van der Waals surface area contributed by atoms with E-state index in [-0.39, 0.29) is 17.1 Å². The second kappa shape index (κ2) is 6.59. The second-order valence-electron chi connectivity index (χ2n) is 8.35. The molecular weight excluding hydrogens is 349 g/mol. The van der Waals surface area contributed by atoms with Crippen LogP contribution < -0.4 is 4.90 Å². The van der Waals surface area contributed by atoms with Crippen LogP contribution in [0.25, 0.3) is 0 Å². The summed E-state index contributed by atoms with van der Waals surface area (Å²) in [7, 11) is 0. The SMILES string of the molecule is CC1(c2ccc(F)cc2)CC(C)(C)N(C(=O)c2ccccc2)c2ccccc21. The Balaban J connectivity index is 1.89. The van der Waals surface area contributed by atoms with Crippen LogP contribution in [-0.2, 0) is 5.41 Å². The maximum absolute atomic E-state index is 13.5. The van der Waals surface area contributed by atoms with Gasteiger partial charge in [-0.05, 0) is 61.7 Å². The molecule has 3 aromatic rings. The number of anilines is 1. The van der Waals surface area contributed by atoms with Gasteiger partial charge in [-0.1, -0.05) is 55.5 Å². The Hall–Kier alpha value is -2.94. The zero-order valence-electron chi connectivity index (χ0n) is 16.4. The molecule has 1 aliphatic heterocycles. The van der Waals surface area contributed by atoms with E-state index >= 15 is 0 Å². The van der Waals surface area contributed by atoms with Gasteiger partial charge < -0.3 is 4.90 Å². The number of benzene rings is 3.